The van der Waals surface area contributed by atoms with Gasteiger partial charge in [-0.1, -0.05) is 6.92 Å². The quantitative estimate of drug-likeness (QED) is 0.599. The number of hydrogen-bond acceptors (Lipinski definition) is 3. The molecule has 0 aromatic rings. The molecule has 0 aromatic heterocycles. The van der Waals surface area contributed by atoms with E-state index in [1.54, 1.807) is 6.92 Å². The van der Waals surface area contributed by atoms with Crippen LogP contribution < -0.4 is 5.73 Å². The Balaban J connectivity index is 3.66. The first-order chi connectivity index (χ1) is 5.07. The Hall–Kier alpha value is -0.900. The third-order valence-electron chi connectivity index (χ3n) is 1.32. The maximum Gasteiger partial charge on any atom is 0.220 e. The van der Waals surface area contributed by atoms with Gasteiger partial charge >= 0.3 is 0 Å². The molecule has 64 valence electrons. The monoisotopic (exact) mass is 159 g/mol. The average molecular weight is 159 g/mol. The molecule has 0 aliphatic heterocycles. The number of carbonyl (C=O) groups is 2. The molecule has 1 atom stereocenters. The Morgan fingerprint density at radius 3 is 2.45 bits per heavy atom. The van der Waals surface area contributed by atoms with Gasteiger partial charge in [0.1, 0.15) is 6.61 Å². The van der Waals surface area contributed by atoms with E-state index in [1.807, 2.05) is 0 Å². The van der Waals surface area contributed by atoms with Crippen LogP contribution in [0.3, 0.4) is 0 Å². The number of primary amides is 1. The highest BCUT2D eigenvalue weighted by atomic mass is 16.5. The first-order valence-electron chi connectivity index (χ1n) is 3.38. The van der Waals surface area contributed by atoms with Gasteiger partial charge in [0.25, 0.3) is 0 Å². The normalized spacial score (nSPS) is 12.5. The number of amides is 1. The molecule has 0 radical (unpaired) electrons. The second-order valence-corrected chi connectivity index (χ2v) is 2.48. The molecule has 0 bridgehead atoms. The lowest BCUT2D eigenvalue weighted by atomic mass is 10.1. The summed E-state index contributed by atoms with van der Waals surface area (Å²) < 4.78 is 4.58. The molecule has 0 saturated carbocycles. The van der Waals surface area contributed by atoms with Crippen LogP contribution >= 0.6 is 0 Å². The number of hydrogen-bond donors (Lipinski definition) is 1. The van der Waals surface area contributed by atoms with Crippen LogP contribution in [0.2, 0.25) is 0 Å². The van der Waals surface area contributed by atoms with Crippen molar-refractivity contribution < 1.29 is 14.3 Å². The van der Waals surface area contributed by atoms with Gasteiger partial charge in [-0.3, -0.25) is 9.59 Å². The van der Waals surface area contributed by atoms with Crippen LogP contribution in [0.5, 0.6) is 0 Å². The van der Waals surface area contributed by atoms with Gasteiger partial charge in [-0.05, 0) is 0 Å². The maximum absolute atomic E-state index is 10.8. The minimum atomic E-state index is -0.450. The highest BCUT2D eigenvalue weighted by molar-refractivity contribution is 5.86. The van der Waals surface area contributed by atoms with Crippen LogP contribution in [0.4, 0.5) is 0 Å². The smallest absolute Gasteiger partial charge is 0.220 e. The molecule has 1 amide bonds. The molecule has 0 spiro atoms. The zero-order valence-electron chi connectivity index (χ0n) is 6.79. The highest BCUT2D eigenvalue weighted by Crippen LogP contribution is 2.00. The first kappa shape index (κ1) is 10.1. The summed E-state index contributed by atoms with van der Waals surface area (Å²) in [5, 5.41) is 0. The van der Waals surface area contributed by atoms with Crippen molar-refractivity contribution >= 4 is 11.7 Å². The van der Waals surface area contributed by atoms with E-state index in [0.29, 0.717) is 0 Å². The van der Waals surface area contributed by atoms with Gasteiger partial charge in [0.05, 0.1) is 0 Å². The molecule has 0 aliphatic rings. The summed E-state index contributed by atoms with van der Waals surface area (Å²) in [6.07, 6.45) is 0.170. The van der Waals surface area contributed by atoms with E-state index < -0.39 is 11.8 Å². The van der Waals surface area contributed by atoms with E-state index in [4.69, 9.17) is 5.73 Å². The molecule has 0 aliphatic carbocycles. The number of nitrogens with two attached hydrogens (primary N) is 1. The fourth-order valence-electron chi connectivity index (χ4n) is 0.662. The first-order valence-corrected chi connectivity index (χ1v) is 3.38. The lowest BCUT2D eigenvalue weighted by Gasteiger charge is -2.04. The summed E-state index contributed by atoms with van der Waals surface area (Å²) in [6.45, 7) is 1.67. The van der Waals surface area contributed by atoms with Crippen LogP contribution in [0.15, 0.2) is 0 Å². The number of ketones is 1. The second kappa shape index (κ2) is 4.85. The molecule has 4 nitrogen and oxygen atoms in total. The van der Waals surface area contributed by atoms with Gasteiger partial charge in [0.2, 0.25) is 5.91 Å². The van der Waals surface area contributed by atoms with Crippen molar-refractivity contribution in [3.05, 3.63) is 0 Å². The average Bonchev–Trinajstić information content (AvgIpc) is 1.87. The van der Waals surface area contributed by atoms with Gasteiger partial charge in [-0.15, -0.1) is 0 Å². The minimum absolute atomic E-state index is 0.0532. The SMILES string of the molecule is COCC(=O)CC(C)C(N)=O. The minimum Gasteiger partial charge on any atom is -0.377 e. The van der Waals surface area contributed by atoms with Crippen LogP contribution in [0.1, 0.15) is 13.3 Å². The van der Waals surface area contributed by atoms with E-state index >= 15 is 0 Å². The lowest BCUT2D eigenvalue weighted by Crippen LogP contribution is -2.24. The zero-order valence-corrected chi connectivity index (χ0v) is 6.79. The number of ether oxygens (including phenoxy) is 1. The second-order valence-electron chi connectivity index (χ2n) is 2.48. The van der Waals surface area contributed by atoms with Gasteiger partial charge in [0.15, 0.2) is 5.78 Å². The Morgan fingerprint density at radius 2 is 2.09 bits per heavy atom. The van der Waals surface area contributed by atoms with Gasteiger partial charge < -0.3 is 10.5 Å². The fraction of sp³-hybridized carbons (Fsp3) is 0.714. The van der Waals surface area contributed by atoms with E-state index in [-0.39, 0.29) is 18.8 Å². The molecular weight excluding hydrogens is 146 g/mol. The lowest BCUT2D eigenvalue weighted by molar-refractivity contribution is -0.128. The van der Waals surface area contributed by atoms with E-state index in [1.165, 1.54) is 7.11 Å². The van der Waals surface area contributed by atoms with Gasteiger partial charge in [0, 0.05) is 19.4 Å². The molecule has 1 unspecified atom stereocenters. The van der Waals surface area contributed by atoms with Crippen molar-refractivity contribution in [1.29, 1.82) is 0 Å². The predicted octanol–water partition coefficient (Wildman–Crippen LogP) is -0.287. The highest BCUT2D eigenvalue weighted by Gasteiger charge is 2.12. The van der Waals surface area contributed by atoms with Gasteiger partial charge in [-0.2, -0.15) is 0 Å². The van der Waals surface area contributed by atoms with Crippen molar-refractivity contribution in [3.8, 4) is 0 Å². The van der Waals surface area contributed by atoms with Crippen LogP contribution in [0, 0.1) is 5.92 Å². The summed E-state index contributed by atoms with van der Waals surface area (Å²) in [4.78, 5) is 21.3. The number of methoxy groups -OCH3 is 1. The van der Waals surface area contributed by atoms with Crippen LogP contribution in [-0.2, 0) is 14.3 Å². The molecule has 2 N–H and O–H groups in total. The number of carbonyl (C=O) groups excluding carboxylic acids is 2. The van der Waals surface area contributed by atoms with Crippen molar-refractivity contribution in [2.24, 2.45) is 11.7 Å². The van der Waals surface area contributed by atoms with Crippen molar-refractivity contribution in [3.63, 3.8) is 0 Å². The predicted molar refractivity (Wildman–Crippen MR) is 39.9 cm³/mol. The third-order valence-corrected chi connectivity index (χ3v) is 1.32. The Kier molecular flexibility index (Phi) is 4.45. The van der Waals surface area contributed by atoms with Crippen molar-refractivity contribution in [2.45, 2.75) is 13.3 Å². The number of rotatable bonds is 5. The Bertz CT molecular complexity index is 156. The fourth-order valence-corrected chi connectivity index (χ4v) is 0.662. The standard InChI is InChI=1S/C7H13NO3/c1-5(7(8)10)3-6(9)4-11-2/h5H,3-4H2,1-2H3,(H2,8,10). The van der Waals surface area contributed by atoms with Gasteiger partial charge in [-0.25, -0.2) is 0 Å². The van der Waals surface area contributed by atoms with Crippen LogP contribution in [-0.4, -0.2) is 25.4 Å². The summed E-state index contributed by atoms with van der Waals surface area (Å²) in [6, 6.07) is 0. The maximum atomic E-state index is 10.8. The molecule has 0 saturated heterocycles. The summed E-state index contributed by atoms with van der Waals surface area (Å²) in [5.41, 5.74) is 4.95. The summed E-state index contributed by atoms with van der Waals surface area (Å²) in [7, 11) is 1.44. The molecule has 4 heteroatoms. The van der Waals surface area contributed by atoms with E-state index in [2.05, 4.69) is 4.74 Å². The Labute approximate surface area is 65.7 Å². The zero-order chi connectivity index (χ0) is 8.85. The molecule has 0 heterocycles. The molecular formula is C7H13NO3. The largest absolute Gasteiger partial charge is 0.377 e. The van der Waals surface area contributed by atoms with Crippen molar-refractivity contribution in [2.75, 3.05) is 13.7 Å². The summed E-state index contributed by atoms with van der Waals surface area (Å²) in [5.74, 6) is -0.939. The van der Waals surface area contributed by atoms with E-state index in [0.717, 1.165) is 0 Å². The number of Topliss-reactive ketones (excluding diaryl/α,β-unsaturated/α-hetero) is 1. The Morgan fingerprint density at radius 1 is 1.55 bits per heavy atom. The molecule has 0 rings (SSSR count). The molecule has 11 heavy (non-hydrogen) atoms. The van der Waals surface area contributed by atoms with E-state index in [9.17, 15) is 9.59 Å². The third kappa shape index (κ3) is 4.50. The summed E-state index contributed by atoms with van der Waals surface area (Å²) >= 11 is 0. The molecule has 0 aromatic carbocycles. The van der Waals surface area contributed by atoms with Crippen molar-refractivity contribution in [1.82, 2.24) is 0 Å². The topological polar surface area (TPSA) is 69.4 Å². The van der Waals surface area contributed by atoms with Crippen LogP contribution in [0.25, 0.3) is 0 Å². The molecule has 0 fully saturated rings.